The first-order valence-corrected chi connectivity index (χ1v) is 7.27. The van der Waals surface area contributed by atoms with Crippen molar-refractivity contribution < 1.29 is 9.47 Å². The third kappa shape index (κ3) is 4.22. The lowest BCUT2D eigenvalue weighted by Crippen LogP contribution is -2.26. The van der Waals surface area contributed by atoms with Crippen LogP contribution < -0.4 is 10.1 Å². The molecule has 1 atom stereocenters. The SMILES string of the molecule is CNCC(OC1CCCCC1)c1ccc(OC)cc1. The van der Waals surface area contributed by atoms with E-state index < -0.39 is 0 Å². The maximum atomic E-state index is 6.29. The fourth-order valence-corrected chi connectivity index (χ4v) is 2.68. The fraction of sp³-hybridized carbons (Fsp3) is 0.625. The zero-order valence-corrected chi connectivity index (χ0v) is 12.0. The van der Waals surface area contributed by atoms with Gasteiger partial charge >= 0.3 is 0 Å². The monoisotopic (exact) mass is 263 g/mol. The molecular formula is C16H25NO2. The van der Waals surface area contributed by atoms with Crippen molar-refractivity contribution in [3.8, 4) is 5.75 Å². The number of ether oxygens (including phenoxy) is 2. The molecule has 0 bridgehead atoms. The summed E-state index contributed by atoms with van der Waals surface area (Å²) < 4.78 is 11.5. The van der Waals surface area contributed by atoms with E-state index in [4.69, 9.17) is 9.47 Å². The molecule has 0 heterocycles. The molecule has 1 aliphatic carbocycles. The summed E-state index contributed by atoms with van der Waals surface area (Å²) in [7, 11) is 3.67. The highest BCUT2D eigenvalue weighted by atomic mass is 16.5. The quantitative estimate of drug-likeness (QED) is 0.854. The molecule has 0 radical (unpaired) electrons. The predicted octanol–water partition coefficient (Wildman–Crippen LogP) is 3.31. The smallest absolute Gasteiger partial charge is 0.118 e. The first kappa shape index (κ1) is 14.4. The van der Waals surface area contributed by atoms with Crippen LogP contribution in [0.2, 0.25) is 0 Å². The minimum absolute atomic E-state index is 0.138. The van der Waals surface area contributed by atoms with Gasteiger partial charge in [-0.3, -0.25) is 0 Å². The average Bonchev–Trinajstić information content (AvgIpc) is 2.48. The Balaban J connectivity index is 2.00. The normalized spacial score (nSPS) is 18.2. The van der Waals surface area contributed by atoms with Crippen LogP contribution in [0.25, 0.3) is 0 Å². The van der Waals surface area contributed by atoms with Crippen LogP contribution in [0.15, 0.2) is 24.3 Å². The van der Waals surface area contributed by atoms with E-state index in [0.717, 1.165) is 12.3 Å². The molecule has 3 heteroatoms. The van der Waals surface area contributed by atoms with E-state index in [1.165, 1.54) is 37.7 Å². The Morgan fingerprint density at radius 3 is 2.42 bits per heavy atom. The van der Waals surface area contributed by atoms with Crippen molar-refractivity contribution >= 4 is 0 Å². The van der Waals surface area contributed by atoms with Gasteiger partial charge in [-0.05, 0) is 37.6 Å². The molecule has 106 valence electrons. The van der Waals surface area contributed by atoms with E-state index in [9.17, 15) is 0 Å². The Labute approximate surface area is 116 Å². The lowest BCUT2D eigenvalue weighted by atomic mass is 9.97. The molecule has 3 nitrogen and oxygen atoms in total. The molecular weight excluding hydrogens is 238 g/mol. The van der Waals surface area contributed by atoms with Crippen LogP contribution in [0.5, 0.6) is 5.75 Å². The second-order valence-electron chi connectivity index (χ2n) is 5.22. The van der Waals surface area contributed by atoms with Gasteiger partial charge in [-0.2, -0.15) is 0 Å². The summed E-state index contributed by atoms with van der Waals surface area (Å²) in [6.45, 7) is 0.850. The molecule has 1 aromatic carbocycles. The summed E-state index contributed by atoms with van der Waals surface area (Å²) in [4.78, 5) is 0. The van der Waals surface area contributed by atoms with Crippen LogP contribution in [0, 0.1) is 0 Å². The van der Waals surface area contributed by atoms with Crippen molar-refractivity contribution in [3.63, 3.8) is 0 Å². The van der Waals surface area contributed by atoms with E-state index in [1.54, 1.807) is 7.11 Å². The van der Waals surface area contributed by atoms with Gasteiger partial charge in [-0.25, -0.2) is 0 Å². The Morgan fingerprint density at radius 1 is 1.16 bits per heavy atom. The van der Waals surface area contributed by atoms with Gasteiger partial charge in [0.05, 0.1) is 19.3 Å². The van der Waals surface area contributed by atoms with Crippen molar-refractivity contribution in [1.82, 2.24) is 5.32 Å². The van der Waals surface area contributed by atoms with E-state index in [1.807, 2.05) is 19.2 Å². The molecule has 1 fully saturated rings. The average molecular weight is 263 g/mol. The molecule has 0 aromatic heterocycles. The Hall–Kier alpha value is -1.06. The zero-order valence-electron chi connectivity index (χ0n) is 12.0. The number of likely N-dealkylation sites (N-methyl/N-ethyl adjacent to an activating group) is 1. The standard InChI is InChI=1S/C16H25NO2/c1-17-12-16(19-15-6-4-3-5-7-15)13-8-10-14(18-2)11-9-13/h8-11,15-17H,3-7,12H2,1-2H3. The third-order valence-corrected chi connectivity index (χ3v) is 3.79. The number of hydrogen-bond donors (Lipinski definition) is 1. The summed E-state index contributed by atoms with van der Waals surface area (Å²) in [6.07, 6.45) is 6.94. The van der Waals surface area contributed by atoms with Crippen molar-refractivity contribution in [2.45, 2.75) is 44.3 Å². The Bertz CT molecular complexity index is 358. The summed E-state index contributed by atoms with van der Waals surface area (Å²) in [6, 6.07) is 8.21. The van der Waals surface area contributed by atoms with Crippen LogP contribution in [0.3, 0.4) is 0 Å². The van der Waals surface area contributed by atoms with E-state index in [-0.39, 0.29) is 6.10 Å². The van der Waals surface area contributed by atoms with Gasteiger partial charge in [0.15, 0.2) is 0 Å². The second-order valence-corrected chi connectivity index (χ2v) is 5.22. The van der Waals surface area contributed by atoms with Crippen molar-refractivity contribution in [3.05, 3.63) is 29.8 Å². The predicted molar refractivity (Wildman–Crippen MR) is 77.6 cm³/mol. The van der Waals surface area contributed by atoms with E-state index >= 15 is 0 Å². The third-order valence-electron chi connectivity index (χ3n) is 3.79. The number of rotatable bonds is 6. The van der Waals surface area contributed by atoms with Crippen LogP contribution in [-0.2, 0) is 4.74 Å². The summed E-state index contributed by atoms with van der Waals surface area (Å²) in [5.41, 5.74) is 1.22. The van der Waals surface area contributed by atoms with Crippen LogP contribution >= 0.6 is 0 Å². The molecule has 1 saturated carbocycles. The van der Waals surface area contributed by atoms with Crippen LogP contribution in [0.4, 0.5) is 0 Å². The fourth-order valence-electron chi connectivity index (χ4n) is 2.68. The molecule has 1 N–H and O–H groups in total. The number of benzene rings is 1. The first-order chi connectivity index (χ1) is 9.33. The second kappa shape index (κ2) is 7.51. The molecule has 2 rings (SSSR count). The van der Waals surface area contributed by atoms with E-state index in [2.05, 4.69) is 17.4 Å². The molecule has 0 saturated heterocycles. The van der Waals surface area contributed by atoms with Crippen molar-refractivity contribution in [2.75, 3.05) is 20.7 Å². The highest BCUT2D eigenvalue weighted by Crippen LogP contribution is 2.27. The molecule has 19 heavy (non-hydrogen) atoms. The topological polar surface area (TPSA) is 30.5 Å². The maximum Gasteiger partial charge on any atom is 0.118 e. The molecule has 0 spiro atoms. The highest BCUT2D eigenvalue weighted by Gasteiger charge is 2.20. The van der Waals surface area contributed by atoms with Crippen LogP contribution in [-0.4, -0.2) is 26.8 Å². The van der Waals surface area contributed by atoms with Crippen LogP contribution in [0.1, 0.15) is 43.8 Å². The lowest BCUT2D eigenvalue weighted by Gasteiger charge is -2.28. The number of methoxy groups -OCH3 is 1. The van der Waals surface area contributed by atoms with Gasteiger partial charge in [0.2, 0.25) is 0 Å². The number of hydrogen-bond acceptors (Lipinski definition) is 3. The van der Waals surface area contributed by atoms with Gasteiger partial charge in [0.25, 0.3) is 0 Å². The molecule has 1 aliphatic rings. The van der Waals surface area contributed by atoms with Gasteiger partial charge in [-0.15, -0.1) is 0 Å². The number of nitrogens with one attached hydrogen (secondary N) is 1. The van der Waals surface area contributed by atoms with Gasteiger partial charge < -0.3 is 14.8 Å². The van der Waals surface area contributed by atoms with Gasteiger partial charge in [0.1, 0.15) is 5.75 Å². The largest absolute Gasteiger partial charge is 0.497 e. The molecule has 1 unspecified atom stereocenters. The van der Waals surface area contributed by atoms with Crippen molar-refractivity contribution in [2.24, 2.45) is 0 Å². The van der Waals surface area contributed by atoms with E-state index in [0.29, 0.717) is 6.10 Å². The first-order valence-electron chi connectivity index (χ1n) is 7.27. The summed E-state index contributed by atoms with van der Waals surface area (Å²) in [5.74, 6) is 0.893. The maximum absolute atomic E-state index is 6.29. The van der Waals surface area contributed by atoms with Gasteiger partial charge in [-0.1, -0.05) is 31.4 Å². The summed E-state index contributed by atoms with van der Waals surface area (Å²) in [5, 5.41) is 3.23. The summed E-state index contributed by atoms with van der Waals surface area (Å²) >= 11 is 0. The van der Waals surface area contributed by atoms with Crippen molar-refractivity contribution in [1.29, 1.82) is 0 Å². The zero-order chi connectivity index (χ0) is 13.5. The Kier molecular flexibility index (Phi) is 5.67. The highest BCUT2D eigenvalue weighted by molar-refractivity contribution is 5.28. The minimum atomic E-state index is 0.138. The Morgan fingerprint density at radius 2 is 1.84 bits per heavy atom. The molecule has 1 aromatic rings. The van der Waals surface area contributed by atoms with Gasteiger partial charge in [0, 0.05) is 6.54 Å². The molecule has 0 aliphatic heterocycles. The lowest BCUT2D eigenvalue weighted by molar-refractivity contribution is -0.0298. The minimum Gasteiger partial charge on any atom is -0.497 e. The molecule has 0 amide bonds.